The van der Waals surface area contributed by atoms with Gasteiger partial charge in [-0.3, -0.25) is 4.79 Å². The zero-order valence-corrected chi connectivity index (χ0v) is 18.6. The molecular formula is C23H22ClN3O4S. The lowest BCUT2D eigenvalue weighted by Crippen LogP contribution is -2.43. The molecule has 9 heteroatoms. The summed E-state index contributed by atoms with van der Waals surface area (Å²) in [5.74, 6) is -0.813. The molecule has 166 valence electrons. The smallest absolute Gasteiger partial charge is 0.243 e. The van der Waals surface area contributed by atoms with E-state index in [1.54, 1.807) is 0 Å². The summed E-state index contributed by atoms with van der Waals surface area (Å²) in [6.45, 7) is -0.705. The van der Waals surface area contributed by atoms with E-state index < -0.39 is 28.6 Å². The van der Waals surface area contributed by atoms with E-state index in [1.165, 1.54) is 24.3 Å². The Labute approximate surface area is 190 Å². The molecule has 32 heavy (non-hydrogen) atoms. The largest absolute Gasteiger partial charge is 0.390 e. The first kappa shape index (κ1) is 22.3. The maximum Gasteiger partial charge on any atom is 0.243 e. The molecule has 0 saturated heterocycles. The lowest BCUT2D eigenvalue weighted by molar-refractivity contribution is -0.118. The predicted octanol–water partition coefficient (Wildman–Crippen LogP) is 2.99. The highest BCUT2D eigenvalue weighted by Gasteiger charge is 2.28. The average Bonchev–Trinajstić information content (AvgIpc) is 3.07. The first-order valence-corrected chi connectivity index (χ1v) is 11.8. The van der Waals surface area contributed by atoms with Gasteiger partial charge in [0.2, 0.25) is 15.9 Å². The molecule has 1 aromatic heterocycles. The third-order valence-electron chi connectivity index (χ3n) is 5.27. The van der Waals surface area contributed by atoms with Crippen LogP contribution in [0.5, 0.6) is 0 Å². The summed E-state index contributed by atoms with van der Waals surface area (Å²) in [7, 11) is -4.07. The van der Waals surface area contributed by atoms with Crippen LogP contribution in [0.2, 0.25) is 5.02 Å². The molecule has 0 spiro atoms. The number of benzene rings is 3. The van der Waals surface area contributed by atoms with Gasteiger partial charge in [0.25, 0.3) is 0 Å². The topological polar surface area (TPSA) is 106 Å². The molecule has 0 radical (unpaired) electrons. The third kappa shape index (κ3) is 4.35. The van der Waals surface area contributed by atoms with Crippen molar-refractivity contribution in [2.75, 3.05) is 13.1 Å². The summed E-state index contributed by atoms with van der Waals surface area (Å²) in [5.41, 5.74) is 7.15. The summed E-state index contributed by atoms with van der Waals surface area (Å²) < 4.78 is 29.0. The Balaban J connectivity index is 1.65. The fourth-order valence-electron chi connectivity index (χ4n) is 3.88. The van der Waals surface area contributed by atoms with Gasteiger partial charge in [0.15, 0.2) is 0 Å². The predicted molar refractivity (Wildman–Crippen MR) is 125 cm³/mol. The number of sulfonamides is 1. The number of aliphatic hydroxyl groups is 1. The van der Waals surface area contributed by atoms with Gasteiger partial charge < -0.3 is 15.4 Å². The first-order valence-electron chi connectivity index (χ1n) is 9.95. The number of carbonyl (C=O) groups excluding carboxylic acids is 1. The third-order valence-corrected chi connectivity index (χ3v) is 7.35. The molecule has 0 fully saturated rings. The number of primary amides is 1. The quantitative estimate of drug-likeness (QED) is 0.412. The molecule has 4 aromatic rings. The Kier molecular flexibility index (Phi) is 6.21. The fourth-order valence-corrected chi connectivity index (χ4v) is 5.45. The highest BCUT2D eigenvalue weighted by molar-refractivity contribution is 7.89. The number of nitrogens with zero attached hydrogens (tertiary/aromatic N) is 2. The van der Waals surface area contributed by atoms with E-state index in [-0.39, 0.29) is 18.0 Å². The number of aromatic nitrogens is 1. The van der Waals surface area contributed by atoms with E-state index in [4.69, 9.17) is 17.3 Å². The maximum absolute atomic E-state index is 13.1. The molecule has 0 aliphatic rings. The van der Waals surface area contributed by atoms with Crippen molar-refractivity contribution in [3.8, 4) is 0 Å². The van der Waals surface area contributed by atoms with E-state index in [2.05, 4.69) is 0 Å². The Hall–Kier alpha value is -2.91. The summed E-state index contributed by atoms with van der Waals surface area (Å²) in [4.78, 5) is 11.6. The van der Waals surface area contributed by atoms with E-state index in [0.29, 0.717) is 5.02 Å². The Morgan fingerprint density at radius 3 is 2.03 bits per heavy atom. The first-order chi connectivity index (χ1) is 15.3. The van der Waals surface area contributed by atoms with Crippen LogP contribution in [0.25, 0.3) is 21.8 Å². The minimum Gasteiger partial charge on any atom is -0.390 e. The Bertz CT molecular complexity index is 1330. The SMILES string of the molecule is NC(=O)CN(C[C@@H](O)Cn1c2ccccc2c2ccccc21)S(=O)(=O)c1ccc(Cl)cc1. The van der Waals surface area contributed by atoms with Crippen molar-refractivity contribution in [2.45, 2.75) is 17.5 Å². The average molecular weight is 472 g/mol. The standard InChI is InChI=1S/C23H22ClN3O4S/c24-16-9-11-18(12-10-16)32(30,31)26(15-23(25)29)13-17(28)14-27-21-7-3-1-5-19(21)20-6-2-4-8-22(20)27/h1-12,17,28H,13-15H2,(H2,25,29)/t17-/m1/s1. The second-order valence-corrected chi connectivity index (χ2v) is 9.89. The molecule has 1 amide bonds. The minimum atomic E-state index is -4.07. The number of para-hydroxylation sites is 2. The molecule has 3 aromatic carbocycles. The van der Waals surface area contributed by atoms with Gasteiger partial charge in [-0.15, -0.1) is 0 Å². The molecule has 0 aliphatic heterocycles. The zero-order chi connectivity index (χ0) is 22.9. The van der Waals surface area contributed by atoms with Crippen molar-refractivity contribution in [2.24, 2.45) is 5.73 Å². The van der Waals surface area contributed by atoms with E-state index in [1.807, 2.05) is 53.1 Å². The van der Waals surface area contributed by atoms with E-state index in [9.17, 15) is 18.3 Å². The molecule has 0 aliphatic carbocycles. The molecule has 1 atom stereocenters. The van der Waals surface area contributed by atoms with Gasteiger partial charge in [0.05, 0.1) is 24.1 Å². The summed E-state index contributed by atoms with van der Waals surface area (Å²) in [5, 5.41) is 13.3. The molecule has 7 nitrogen and oxygen atoms in total. The van der Waals surface area contributed by atoms with Gasteiger partial charge in [-0.05, 0) is 36.4 Å². The molecule has 0 saturated carbocycles. The number of hydrogen-bond donors (Lipinski definition) is 2. The van der Waals surface area contributed by atoms with Gasteiger partial charge in [-0.1, -0.05) is 48.0 Å². The van der Waals surface area contributed by atoms with Crippen molar-refractivity contribution < 1.29 is 18.3 Å². The summed E-state index contributed by atoms with van der Waals surface area (Å²) in [6, 6.07) is 21.2. The number of carbonyl (C=O) groups is 1. The molecule has 3 N–H and O–H groups in total. The van der Waals surface area contributed by atoms with Crippen LogP contribution >= 0.6 is 11.6 Å². The Morgan fingerprint density at radius 2 is 1.50 bits per heavy atom. The Morgan fingerprint density at radius 1 is 0.969 bits per heavy atom. The lowest BCUT2D eigenvalue weighted by Gasteiger charge is -2.24. The highest BCUT2D eigenvalue weighted by atomic mass is 35.5. The number of halogens is 1. The number of hydrogen-bond acceptors (Lipinski definition) is 4. The number of nitrogens with two attached hydrogens (primary N) is 1. The molecule has 4 rings (SSSR count). The van der Waals surface area contributed by atoms with Gasteiger partial charge in [-0.25, -0.2) is 8.42 Å². The monoisotopic (exact) mass is 471 g/mol. The second-order valence-electron chi connectivity index (χ2n) is 7.52. The number of rotatable bonds is 8. The van der Waals surface area contributed by atoms with Crippen LogP contribution in [0.3, 0.4) is 0 Å². The molecule has 0 unspecified atom stereocenters. The van der Waals surface area contributed by atoms with Crippen LogP contribution < -0.4 is 5.73 Å². The van der Waals surface area contributed by atoms with Crippen molar-refractivity contribution in [3.63, 3.8) is 0 Å². The van der Waals surface area contributed by atoms with E-state index in [0.717, 1.165) is 26.1 Å². The van der Waals surface area contributed by atoms with Crippen molar-refractivity contribution in [1.82, 2.24) is 8.87 Å². The number of amides is 1. The van der Waals surface area contributed by atoms with Crippen LogP contribution in [0.4, 0.5) is 0 Å². The van der Waals surface area contributed by atoms with Crippen LogP contribution in [0, 0.1) is 0 Å². The van der Waals surface area contributed by atoms with Crippen LogP contribution in [-0.2, 0) is 21.4 Å². The van der Waals surface area contributed by atoms with Crippen molar-refractivity contribution in [1.29, 1.82) is 0 Å². The van der Waals surface area contributed by atoms with Crippen LogP contribution in [0.1, 0.15) is 0 Å². The van der Waals surface area contributed by atoms with Gasteiger partial charge >= 0.3 is 0 Å². The maximum atomic E-state index is 13.1. The number of aliphatic hydroxyl groups excluding tert-OH is 1. The van der Waals surface area contributed by atoms with Gasteiger partial charge in [-0.2, -0.15) is 4.31 Å². The molecule has 0 bridgehead atoms. The normalized spacial score (nSPS) is 13.1. The highest BCUT2D eigenvalue weighted by Crippen LogP contribution is 2.29. The summed E-state index contributed by atoms with van der Waals surface area (Å²) in [6.07, 6.45) is -1.09. The van der Waals surface area contributed by atoms with Crippen LogP contribution in [-0.4, -0.2) is 47.5 Å². The summed E-state index contributed by atoms with van der Waals surface area (Å²) >= 11 is 5.86. The van der Waals surface area contributed by atoms with Crippen molar-refractivity contribution >= 4 is 49.3 Å². The second kappa shape index (κ2) is 8.91. The van der Waals surface area contributed by atoms with Crippen LogP contribution in [0.15, 0.2) is 77.7 Å². The molecular weight excluding hydrogens is 450 g/mol. The zero-order valence-electron chi connectivity index (χ0n) is 17.1. The fraction of sp³-hybridized carbons (Fsp3) is 0.174. The van der Waals surface area contributed by atoms with Gasteiger partial charge in [0.1, 0.15) is 0 Å². The van der Waals surface area contributed by atoms with Crippen molar-refractivity contribution in [3.05, 3.63) is 77.8 Å². The van der Waals surface area contributed by atoms with E-state index >= 15 is 0 Å². The minimum absolute atomic E-state index is 0.0350. The number of fused-ring (bicyclic) bond motifs is 3. The van der Waals surface area contributed by atoms with Gasteiger partial charge in [0, 0.05) is 33.4 Å². The lowest BCUT2D eigenvalue weighted by atomic mass is 10.2. The molecule has 1 heterocycles.